The molecule has 0 spiro atoms. The maximum atomic E-state index is 13.4. The number of nitrogens with one attached hydrogen (secondary N) is 3. The molecule has 3 aliphatic rings. The number of halogens is 3. The average Bonchev–Trinajstić information content (AvgIpc) is 3.32. The molecular formula is C25H34F3N5O5S. The highest BCUT2D eigenvalue weighted by atomic mass is 32.2. The van der Waals surface area contributed by atoms with E-state index in [0.29, 0.717) is 57.2 Å². The zero-order valence-electron chi connectivity index (χ0n) is 21.5. The summed E-state index contributed by atoms with van der Waals surface area (Å²) in [7, 11) is -4.00. The second-order valence-electron chi connectivity index (χ2n) is 10.3. The number of hydrogen-bond acceptors (Lipinski definition) is 5. The molecule has 3 N–H and O–H groups in total. The van der Waals surface area contributed by atoms with Crippen LogP contribution in [0.5, 0.6) is 0 Å². The molecular weight excluding hydrogens is 539 g/mol. The van der Waals surface area contributed by atoms with Crippen LogP contribution < -0.4 is 15.4 Å². The lowest BCUT2D eigenvalue weighted by Crippen LogP contribution is -2.55. The van der Waals surface area contributed by atoms with Crippen LogP contribution in [-0.4, -0.2) is 73.6 Å². The predicted octanol–water partition coefficient (Wildman–Crippen LogP) is 1.53. The van der Waals surface area contributed by atoms with E-state index in [9.17, 15) is 36.0 Å². The normalized spacial score (nSPS) is 25.2. The first-order chi connectivity index (χ1) is 18.5. The Morgan fingerprint density at radius 3 is 2.44 bits per heavy atom. The van der Waals surface area contributed by atoms with Crippen LogP contribution in [0.25, 0.3) is 0 Å². The second-order valence-corrected chi connectivity index (χ2v) is 12.0. The monoisotopic (exact) mass is 573 g/mol. The van der Waals surface area contributed by atoms with Crippen LogP contribution in [0, 0.1) is 5.92 Å². The highest BCUT2D eigenvalue weighted by Gasteiger charge is 2.41. The van der Waals surface area contributed by atoms with E-state index in [1.807, 2.05) is 0 Å². The molecule has 0 bridgehead atoms. The molecule has 39 heavy (non-hydrogen) atoms. The minimum absolute atomic E-state index is 0.0192. The van der Waals surface area contributed by atoms with Gasteiger partial charge >= 0.3 is 6.18 Å². The zero-order valence-corrected chi connectivity index (χ0v) is 22.3. The van der Waals surface area contributed by atoms with E-state index in [2.05, 4.69) is 15.4 Å². The summed E-state index contributed by atoms with van der Waals surface area (Å²) in [6, 6.07) is 2.91. The first kappa shape index (κ1) is 29.3. The van der Waals surface area contributed by atoms with E-state index in [-0.39, 0.29) is 31.4 Å². The van der Waals surface area contributed by atoms with Crippen molar-refractivity contribution in [3.63, 3.8) is 0 Å². The average molecular weight is 574 g/mol. The van der Waals surface area contributed by atoms with E-state index >= 15 is 0 Å². The SMILES string of the molecule is O=C1NCCCCC1NS(=O)(=O)N1CCC[C@H](C(=O)N2CCC[C@@H]2C(=O)NCc2ccc(C(F)(F)F)cc2)C1. The topological polar surface area (TPSA) is 128 Å². The van der Waals surface area contributed by atoms with E-state index in [0.717, 1.165) is 18.6 Å². The molecule has 1 aromatic carbocycles. The molecule has 3 atom stereocenters. The van der Waals surface area contributed by atoms with Gasteiger partial charge in [-0.3, -0.25) is 14.4 Å². The Kier molecular flexibility index (Phi) is 9.17. The molecule has 3 saturated heterocycles. The second kappa shape index (κ2) is 12.2. The lowest BCUT2D eigenvalue weighted by Gasteiger charge is -2.35. The number of nitrogens with zero attached hydrogens (tertiary/aromatic N) is 2. The van der Waals surface area contributed by atoms with Crippen LogP contribution >= 0.6 is 0 Å². The van der Waals surface area contributed by atoms with Crippen molar-refractivity contribution in [2.45, 2.75) is 69.8 Å². The van der Waals surface area contributed by atoms with Crippen LogP contribution in [0.4, 0.5) is 13.2 Å². The molecule has 1 aromatic rings. The number of likely N-dealkylation sites (tertiary alicyclic amines) is 1. The molecule has 14 heteroatoms. The zero-order chi connectivity index (χ0) is 28.2. The molecule has 0 aromatic heterocycles. The van der Waals surface area contributed by atoms with Crippen molar-refractivity contribution < 1.29 is 36.0 Å². The Balaban J connectivity index is 1.34. The molecule has 4 rings (SSSR count). The number of benzene rings is 1. The van der Waals surface area contributed by atoms with Crippen LogP contribution in [0.2, 0.25) is 0 Å². The number of carbonyl (C=O) groups excluding carboxylic acids is 3. The van der Waals surface area contributed by atoms with Crippen molar-refractivity contribution in [3.8, 4) is 0 Å². The van der Waals surface area contributed by atoms with Gasteiger partial charge in [0, 0.05) is 32.7 Å². The van der Waals surface area contributed by atoms with Gasteiger partial charge in [0.1, 0.15) is 12.1 Å². The predicted molar refractivity (Wildman–Crippen MR) is 135 cm³/mol. The number of hydrogen-bond donors (Lipinski definition) is 3. The summed E-state index contributed by atoms with van der Waals surface area (Å²) in [5.41, 5.74) is -0.281. The number of alkyl halides is 3. The molecule has 3 heterocycles. The maximum absolute atomic E-state index is 13.4. The Morgan fingerprint density at radius 1 is 1.00 bits per heavy atom. The summed E-state index contributed by atoms with van der Waals surface area (Å²) in [5, 5.41) is 5.41. The van der Waals surface area contributed by atoms with Gasteiger partial charge in [-0.05, 0) is 62.6 Å². The highest BCUT2D eigenvalue weighted by molar-refractivity contribution is 7.87. The highest BCUT2D eigenvalue weighted by Crippen LogP contribution is 2.29. The fourth-order valence-corrected chi connectivity index (χ4v) is 6.80. The summed E-state index contributed by atoms with van der Waals surface area (Å²) in [6.45, 7) is 1.07. The fourth-order valence-electron chi connectivity index (χ4n) is 5.32. The van der Waals surface area contributed by atoms with Gasteiger partial charge in [-0.2, -0.15) is 30.6 Å². The Bertz CT molecular complexity index is 1160. The molecule has 3 amide bonds. The third-order valence-corrected chi connectivity index (χ3v) is 9.08. The maximum Gasteiger partial charge on any atom is 0.416 e. The molecule has 10 nitrogen and oxygen atoms in total. The first-order valence-corrected chi connectivity index (χ1v) is 14.7. The van der Waals surface area contributed by atoms with Crippen molar-refractivity contribution in [1.82, 2.24) is 24.6 Å². The smallest absolute Gasteiger partial charge is 0.355 e. The van der Waals surface area contributed by atoms with Gasteiger partial charge in [-0.25, -0.2) is 0 Å². The molecule has 0 aliphatic carbocycles. The van der Waals surface area contributed by atoms with E-state index in [4.69, 9.17) is 0 Å². The number of piperidine rings is 1. The van der Waals surface area contributed by atoms with Crippen molar-refractivity contribution in [3.05, 3.63) is 35.4 Å². The third-order valence-electron chi connectivity index (χ3n) is 7.49. The van der Waals surface area contributed by atoms with Gasteiger partial charge in [0.25, 0.3) is 10.2 Å². The first-order valence-electron chi connectivity index (χ1n) is 13.2. The van der Waals surface area contributed by atoms with Gasteiger partial charge in [0.05, 0.1) is 11.5 Å². The minimum Gasteiger partial charge on any atom is -0.355 e. The lowest BCUT2D eigenvalue weighted by molar-refractivity contribution is -0.142. The summed E-state index contributed by atoms with van der Waals surface area (Å²) in [4.78, 5) is 40.0. The van der Waals surface area contributed by atoms with Crippen molar-refractivity contribution in [1.29, 1.82) is 0 Å². The molecule has 0 saturated carbocycles. The largest absolute Gasteiger partial charge is 0.416 e. The summed E-state index contributed by atoms with van der Waals surface area (Å²) in [6.07, 6.45) is -0.560. The molecule has 1 unspecified atom stereocenters. The van der Waals surface area contributed by atoms with Crippen LogP contribution in [-0.2, 0) is 37.3 Å². The van der Waals surface area contributed by atoms with Gasteiger partial charge in [0.15, 0.2) is 0 Å². The quantitative estimate of drug-likeness (QED) is 0.456. The van der Waals surface area contributed by atoms with Crippen LogP contribution in [0.15, 0.2) is 24.3 Å². The molecule has 0 radical (unpaired) electrons. The van der Waals surface area contributed by atoms with Gasteiger partial charge in [-0.1, -0.05) is 12.1 Å². The van der Waals surface area contributed by atoms with E-state index in [1.54, 1.807) is 0 Å². The van der Waals surface area contributed by atoms with Crippen molar-refractivity contribution >= 4 is 27.9 Å². The fraction of sp³-hybridized carbons (Fsp3) is 0.640. The number of carbonyl (C=O) groups is 3. The molecule has 216 valence electrons. The molecule has 3 aliphatic heterocycles. The van der Waals surface area contributed by atoms with Gasteiger partial charge < -0.3 is 15.5 Å². The third kappa shape index (κ3) is 7.28. The number of rotatable bonds is 7. The van der Waals surface area contributed by atoms with E-state index in [1.165, 1.54) is 21.3 Å². The number of amides is 3. The molecule has 3 fully saturated rings. The van der Waals surface area contributed by atoms with Gasteiger partial charge in [0.2, 0.25) is 17.7 Å². The van der Waals surface area contributed by atoms with E-state index < -0.39 is 45.9 Å². The van der Waals surface area contributed by atoms with Crippen LogP contribution in [0.1, 0.15) is 56.1 Å². The Labute approximate surface area is 225 Å². The summed E-state index contributed by atoms with van der Waals surface area (Å²) in [5.74, 6) is -1.68. The van der Waals surface area contributed by atoms with Gasteiger partial charge in [-0.15, -0.1) is 0 Å². The standard InChI is InChI=1S/C25H34F3N5O5S/c26-25(27,28)19-10-8-17(9-11-19)15-30-23(35)21-7-4-14-33(21)24(36)18-5-3-13-32(16-18)39(37,38)31-20-6-1-2-12-29-22(20)34/h8-11,18,20-21,31H,1-7,12-16H2,(H,29,34)(H,30,35)/t18-,20?,21+/m0/s1. The summed E-state index contributed by atoms with van der Waals surface area (Å²) >= 11 is 0. The lowest BCUT2D eigenvalue weighted by atomic mass is 9.97. The van der Waals surface area contributed by atoms with Crippen LogP contribution in [0.3, 0.4) is 0 Å². The minimum atomic E-state index is -4.44. The Morgan fingerprint density at radius 2 is 1.72 bits per heavy atom. The Hall–Kier alpha value is -2.71. The summed E-state index contributed by atoms with van der Waals surface area (Å²) < 4.78 is 68.1. The van der Waals surface area contributed by atoms with Crippen molar-refractivity contribution in [2.24, 2.45) is 5.92 Å². The van der Waals surface area contributed by atoms with Crippen molar-refractivity contribution in [2.75, 3.05) is 26.2 Å².